The van der Waals surface area contributed by atoms with Crippen LogP contribution < -0.4 is 4.74 Å². The number of methoxy groups -OCH3 is 1. The molecule has 0 spiro atoms. The summed E-state index contributed by atoms with van der Waals surface area (Å²) < 4.78 is 10.5. The van der Waals surface area contributed by atoms with Crippen LogP contribution in [0.4, 0.5) is 0 Å². The Morgan fingerprint density at radius 2 is 1.68 bits per heavy atom. The second-order valence-corrected chi connectivity index (χ2v) is 7.10. The molecule has 3 heteroatoms. The quantitative estimate of drug-likeness (QED) is 0.386. The summed E-state index contributed by atoms with van der Waals surface area (Å²) in [5.41, 5.74) is 4.77. The molecule has 2 aromatic rings. The zero-order valence-electron chi connectivity index (χ0n) is 17.3. The van der Waals surface area contributed by atoms with E-state index in [1.807, 2.05) is 30.3 Å². The van der Waals surface area contributed by atoms with Crippen molar-refractivity contribution in [2.75, 3.05) is 13.7 Å². The van der Waals surface area contributed by atoms with Crippen LogP contribution in [0.15, 0.2) is 72.3 Å². The van der Waals surface area contributed by atoms with E-state index in [1.54, 1.807) is 0 Å². The zero-order valence-corrected chi connectivity index (χ0v) is 17.3. The first-order valence-corrected chi connectivity index (χ1v) is 9.66. The van der Waals surface area contributed by atoms with Gasteiger partial charge in [0.2, 0.25) is 0 Å². The molecule has 0 amide bonds. The number of ether oxygens (including phenoxy) is 2. The molecular formula is C25H30O3. The van der Waals surface area contributed by atoms with E-state index in [-0.39, 0.29) is 11.9 Å². The maximum absolute atomic E-state index is 11.6. The van der Waals surface area contributed by atoms with Crippen LogP contribution in [0.3, 0.4) is 0 Å². The third-order valence-corrected chi connectivity index (χ3v) is 4.62. The summed E-state index contributed by atoms with van der Waals surface area (Å²) in [6, 6.07) is 18.4. The molecule has 0 aliphatic rings. The molecule has 0 aliphatic carbocycles. The first kappa shape index (κ1) is 21.5. The molecule has 1 atom stereocenters. The van der Waals surface area contributed by atoms with E-state index in [2.05, 4.69) is 57.2 Å². The molecule has 1 unspecified atom stereocenters. The molecule has 28 heavy (non-hydrogen) atoms. The van der Waals surface area contributed by atoms with Gasteiger partial charge in [0.15, 0.2) is 0 Å². The van der Waals surface area contributed by atoms with Gasteiger partial charge in [-0.2, -0.15) is 0 Å². The van der Waals surface area contributed by atoms with Crippen LogP contribution in [0.1, 0.15) is 50.7 Å². The Morgan fingerprint density at radius 3 is 2.29 bits per heavy atom. The minimum Gasteiger partial charge on any atom is -0.490 e. The Morgan fingerprint density at radius 1 is 1.00 bits per heavy atom. The number of allylic oxidation sites excluding steroid dienone is 3. The number of hydrogen-bond donors (Lipinski definition) is 0. The van der Waals surface area contributed by atoms with Crippen LogP contribution >= 0.6 is 0 Å². The summed E-state index contributed by atoms with van der Waals surface area (Å²) in [7, 11) is 1.43. The SMILES string of the molecule is COC(=O)CCC(C=C(C)c1ccc(OCC=C(C)C)cc1)c1ccccc1. The van der Waals surface area contributed by atoms with Gasteiger partial charge in [-0.25, -0.2) is 0 Å². The maximum atomic E-state index is 11.6. The monoisotopic (exact) mass is 378 g/mol. The highest BCUT2D eigenvalue weighted by Gasteiger charge is 2.12. The first-order valence-electron chi connectivity index (χ1n) is 9.66. The molecule has 0 aliphatic heterocycles. The highest BCUT2D eigenvalue weighted by atomic mass is 16.5. The van der Waals surface area contributed by atoms with Crippen LogP contribution in [0.5, 0.6) is 5.75 Å². The van der Waals surface area contributed by atoms with E-state index in [4.69, 9.17) is 9.47 Å². The lowest BCUT2D eigenvalue weighted by Crippen LogP contribution is -2.04. The Hall–Kier alpha value is -2.81. The molecule has 0 saturated carbocycles. The fraction of sp³-hybridized carbons (Fsp3) is 0.320. The standard InChI is InChI=1S/C25H30O3/c1-19(2)16-17-28-24-13-10-21(11-14-24)20(3)18-23(12-15-25(26)27-4)22-8-6-5-7-9-22/h5-11,13-14,16,18,23H,12,15,17H2,1-4H3. The molecule has 0 aromatic heterocycles. The molecule has 0 saturated heterocycles. The van der Waals surface area contributed by atoms with Crippen LogP contribution in [0.25, 0.3) is 5.57 Å². The number of benzene rings is 2. The van der Waals surface area contributed by atoms with Crippen molar-refractivity contribution in [3.05, 3.63) is 83.4 Å². The summed E-state index contributed by atoms with van der Waals surface area (Å²) in [5.74, 6) is 0.845. The number of esters is 1. The van der Waals surface area contributed by atoms with Crippen molar-refractivity contribution < 1.29 is 14.3 Å². The van der Waals surface area contributed by atoms with E-state index in [0.717, 1.165) is 17.7 Å². The predicted molar refractivity (Wildman–Crippen MR) is 115 cm³/mol. The van der Waals surface area contributed by atoms with Crippen molar-refractivity contribution in [1.29, 1.82) is 0 Å². The van der Waals surface area contributed by atoms with E-state index in [1.165, 1.54) is 23.8 Å². The summed E-state index contributed by atoms with van der Waals surface area (Å²) in [4.78, 5) is 11.6. The fourth-order valence-electron chi connectivity index (χ4n) is 2.94. The second kappa shape index (κ2) is 11.1. The summed E-state index contributed by atoms with van der Waals surface area (Å²) in [6.07, 6.45) is 5.41. The third-order valence-electron chi connectivity index (χ3n) is 4.62. The lowest BCUT2D eigenvalue weighted by atomic mass is 9.91. The summed E-state index contributed by atoms with van der Waals surface area (Å²) in [5, 5.41) is 0. The summed E-state index contributed by atoms with van der Waals surface area (Å²) >= 11 is 0. The minimum atomic E-state index is -0.176. The Balaban J connectivity index is 2.13. The van der Waals surface area contributed by atoms with Crippen molar-refractivity contribution in [1.82, 2.24) is 0 Å². The molecule has 0 heterocycles. The van der Waals surface area contributed by atoms with E-state index >= 15 is 0 Å². The maximum Gasteiger partial charge on any atom is 0.305 e. The molecule has 0 fully saturated rings. The normalized spacial score (nSPS) is 12.2. The van der Waals surface area contributed by atoms with Gasteiger partial charge in [-0.3, -0.25) is 4.79 Å². The summed E-state index contributed by atoms with van der Waals surface area (Å²) in [6.45, 7) is 6.81. The molecule has 0 bridgehead atoms. The molecule has 2 aromatic carbocycles. The molecular weight excluding hydrogens is 348 g/mol. The van der Waals surface area contributed by atoms with Crippen molar-refractivity contribution in [2.45, 2.75) is 39.5 Å². The Kier molecular flexibility index (Phi) is 8.54. The highest BCUT2D eigenvalue weighted by Crippen LogP contribution is 2.28. The van der Waals surface area contributed by atoms with Gasteiger partial charge < -0.3 is 9.47 Å². The average Bonchev–Trinajstić information content (AvgIpc) is 2.71. The first-order chi connectivity index (χ1) is 13.5. The van der Waals surface area contributed by atoms with E-state index in [9.17, 15) is 4.79 Å². The van der Waals surface area contributed by atoms with Crippen LogP contribution in [-0.2, 0) is 9.53 Å². The number of hydrogen-bond acceptors (Lipinski definition) is 3. The minimum absolute atomic E-state index is 0.161. The van der Waals surface area contributed by atoms with Crippen LogP contribution in [0.2, 0.25) is 0 Å². The predicted octanol–water partition coefficient (Wildman–Crippen LogP) is 6.17. The lowest BCUT2D eigenvalue weighted by molar-refractivity contribution is -0.140. The topological polar surface area (TPSA) is 35.5 Å². The highest BCUT2D eigenvalue weighted by molar-refractivity contribution is 5.69. The van der Waals surface area contributed by atoms with Crippen LogP contribution in [-0.4, -0.2) is 19.7 Å². The van der Waals surface area contributed by atoms with Gasteiger partial charge in [-0.15, -0.1) is 0 Å². The number of rotatable bonds is 9. The second-order valence-electron chi connectivity index (χ2n) is 7.10. The van der Waals surface area contributed by atoms with Crippen molar-refractivity contribution >= 4 is 11.5 Å². The molecule has 148 valence electrons. The average molecular weight is 379 g/mol. The van der Waals surface area contributed by atoms with Crippen molar-refractivity contribution in [3.63, 3.8) is 0 Å². The number of carbonyl (C=O) groups excluding carboxylic acids is 1. The van der Waals surface area contributed by atoms with Gasteiger partial charge in [-0.05, 0) is 62.1 Å². The largest absolute Gasteiger partial charge is 0.490 e. The van der Waals surface area contributed by atoms with Crippen molar-refractivity contribution in [2.24, 2.45) is 0 Å². The van der Waals surface area contributed by atoms with Gasteiger partial charge >= 0.3 is 5.97 Å². The van der Waals surface area contributed by atoms with Gasteiger partial charge in [0.1, 0.15) is 12.4 Å². The van der Waals surface area contributed by atoms with Crippen molar-refractivity contribution in [3.8, 4) is 5.75 Å². The Labute approximate surface area is 168 Å². The van der Waals surface area contributed by atoms with Gasteiger partial charge in [0.25, 0.3) is 0 Å². The lowest BCUT2D eigenvalue weighted by Gasteiger charge is -2.15. The molecule has 0 N–H and O–H groups in total. The smallest absolute Gasteiger partial charge is 0.305 e. The van der Waals surface area contributed by atoms with E-state index in [0.29, 0.717) is 13.0 Å². The zero-order chi connectivity index (χ0) is 20.4. The number of carbonyl (C=O) groups is 1. The Bertz CT molecular complexity index is 797. The fourth-order valence-corrected chi connectivity index (χ4v) is 2.94. The molecule has 2 rings (SSSR count). The van der Waals surface area contributed by atoms with Gasteiger partial charge in [-0.1, -0.05) is 54.1 Å². The molecule has 3 nitrogen and oxygen atoms in total. The van der Waals surface area contributed by atoms with Crippen LogP contribution in [0, 0.1) is 0 Å². The van der Waals surface area contributed by atoms with E-state index < -0.39 is 0 Å². The van der Waals surface area contributed by atoms with Gasteiger partial charge in [0, 0.05) is 12.3 Å². The third kappa shape index (κ3) is 7.07. The molecule has 0 radical (unpaired) electrons. The van der Waals surface area contributed by atoms with Gasteiger partial charge in [0.05, 0.1) is 7.11 Å².